The molecule has 0 saturated heterocycles. The first kappa shape index (κ1) is 31.5. The summed E-state index contributed by atoms with van der Waals surface area (Å²) in [4.78, 5) is 26.8. The molecule has 0 aromatic heterocycles. The van der Waals surface area contributed by atoms with Gasteiger partial charge < -0.3 is 23.7 Å². The highest BCUT2D eigenvalue weighted by molar-refractivity contribution is 6.74. The number of esters is 1. The number of carboxylic acid groups (broad SMARTS) is 1. The van der Waals surface area contributed by atoms with Crippen LogP contribution in [-0.4, -0.2) is 69.4 Å². The van der Waals surface area contributed by atoms with Gasteiger partial charge in [0.1, 0.15) is 24.7 Å². The van der Waals surface area contributed by atoms with Crippen molar-refractivity contribution in [2.45, 2.75) is 58.3 Å². The molecule has 0 aliphatic carbocycles. The molecule has 40 heavy (non-hydrogen) atoms. The van der Waals surface area contributed by atoms with E-state index >= 15 is 0 Å². The predicted octanol–water partition coefficient (Wildman–Crippen LogP) is 6.89. The third kappa shape index (κ3) is 7.80. The normalized spacial score (nSPS) is 16.1. The van der Waals surface area contributed by atoms with Gasteiger partial charge in [0.25, 0.3) is 0 Å². The molecule has 0 bridgehead atoms. The van der Waals surface area contributed by atoms with Crippen LogP contribution in [0.5, 0.6) is 11.5 Å². The highest BCUT2D eigenvalue weighted by Crippen LogP contribution is 2.39. The van der Waals surface area contributed by atoms with Crippen LogP contribution >= 0.6 is 11.6 Å². The molecule has 0 spiro atoms. The van der Waals surface area contributed by atoms with Crippen molar-refractivity contribution in [1.82, 2.24) is 4.90 Å². The number of halogens is 1. The third-order valence-corrected chi connectivity index (χ3v) is 12.2. The minimum absolute atomic E-state index is 0.0689. The lowest BCUT2D eigenvalue weighted by Crippen LogP contribution is -2.51. The van der Waals surface area contributed by atoms with E-state index in [1.54, 1.807) is 19.1 Å². The van der Waals surface area contributed by atoms with E-state index in [0.29, 0.717) is 41.7 Å². The second kappa shape index (κ2) is 13.6. The number of nitrogens with zero attached hydrogens (tertiary/aromatic N) is 1. The van der Waals surface area contributed by atoms with E-state index in [4.69, 9.17) is 30.2 Å². The maximum absolute atomic E-state index is 13.3. The lowest BCUT2D eigenvalue weighted by Gasteiger charge is -2.41. The number of para-hydroxylation sites is 1. The average Bonchev–Trinajstić information content (AvgIpc) is 2.90. The van der Waals surface area contributed by atoms with Crippen molar-refractivity contribution in [3.05, 3.63) is 64.7 Å². The van der Waals surface area contributed by atoms with Gasteiger partial charge in [-0.25, -0.2) is 9.59 Å². The molecule has 1 unspecified atom stereocenters. The van der Waals surface area contributed by atoms with Gasteiger partial charge in [0.05, 0.1) is 29.9 Å². The minimum Gasteiger partial charge on any atom is -0.490 e. The third-order valence-electron chi connectivity index (χ3n) is 7.44. The Kier molecular flexibility index (Phi) is 10.7. The zero-order valence-electron chi connectivity index (χ0n) is 24.2. The van der Waals surface area contributed by atoms with Crippen LogP contribution in [0.25, 0.3) is 5.57 Å². The number of carbonyl (C=O) groups excluding carboxylic acids is 1. The summed E-state index contributed by atoms with van der Waals surface area (Å²) in [6.45, 7) is 13.5. The number of hydrogen-bond acceptors (Lipinski definition) is 6. The van der Waals surface area contributed by atoms with Crippen molar-refractivity contribution in [3.8, 4) is 11.5 Å². The van der Waals surface area contributed by atoms with Gasteiger partial charge in [0, 0.05) is 6.54 Å². The molecule has 0 radical (unpaired) electrons. The Morgan fingerprint density at radius 2 is 1.70 bits per heavy atom. The zero-order valence-corrected chi connectivity index (χ0v) is 25.9. The summed E-state index contributed by atoms with van der Waals surface area (Å²) < 4.78 is 23.3. The summed E-state index contributed by atoms with van der Waals surface area (Å²) >= 11 is 6.12. The van der Waals surface area contributed by atoms with Gasteiger partial charge in [-0.3, -0.25) is 4.90 Å². The monoisotopic (exact) mass is 589 g/mol. The van der Waals surface area contributed by atoms with Crippen molar-refractivity contribution >= 4 is 37.6 Å². The van der Waals surface area contributed by atoms with Gasteiger partial charge in [0.15, 0.2) is 8.32 Å². The molecular formula is C30H40ClNO7Si. The zero-order chi connectivity index (χ0) is 29.5. The van der Waals surface area contributed by atoms with E-state index in [1.165, 1.54) is 4.90 Å². The Hall–Kier alpha value is -3.01. The number of hydrogen-bond donors (Lipinski definition) is 1. The lowest BCUT2D eigenvalue weighted by molar-refractivity contribution is -0.139. The second-order valence-electron chi connectivity index (χ2n) is 11.1. The summed E-state index contributed by atoms with van der Waals surface area (Å²) in [5.41, 5.74) is 1.90. The van der Waals surface area contributed by atoms with Crippen LogP contribution in [0.3, 0.4) is 0 Å². The molecule has 2 aromatic carbocycles. The Morgan fingerprint density at radius 1 is 1.05 bits per heavy atom. The molecule has 1 aliphatic heterocycles. The highest BCUT2D eigenvalue weighted by Gasteiger charge is 2.42. The van der Waals surface area contributed by atoms with Gasteiger partial charge in [0.2, 0.25) is 0 Å². The number of benzene rings is 2. The smallest absolute Gasteiger partial charge is 0.407 e. The molecule has 1 heterocycles. The predicted molar refractivity (Wildman–Crippen MR) is 159 cm³/mol. The first-order valence-electron chi connectivity index (χ1n) is 13.5. The van der Waals surface area contributed by atoms with Crippen LogP contribution in [0.15, 0.2) is 54.1 Å². The Morgan fingerprint density at radius 3 is 2.30 bits per heavy atom. The van der Waals surface area contributed by atoms with E-state index < -0.39 is 26.4 Å². The van der Waals surface area contributed by atoms with Crippen LogP contribution in [0, 0.1) is 0 Å². The number of ether oxygens (including phenoxy) is 3. The molecule has 1 N–H and O–H groups in total. The summed E-state index contributed by atoms with van der Waals surface area (Å²) in [7, 11) is -2.21. The first-order valence-corrected chi connectivity index (χ1v) is 16.8. The fraction of sp³-hybridized carbons (Fsp3) is 0.467. The Bertz CT molecular complexity index is 1210. The molecule has 10 heteroatoms. The standard InChI is InChI=1S/C30H40ClNO7Si/c1-7-36-28(33)27-23(16-17-32(29(34)35)25(27)20-39-40(5,6)30(2,3)4)21-12-14-22(15-13-21)37-18-19-38-26-11-9-8-10-24(26)31/h8-15,25H,7,16-20H2,1-6H3,(H,34,35). The van der Waals surface area contributed by atoms with E-state index in [0.717, 1.165) is 11.1 Å². The Balaban J connectivity index is 1.82. The maximum Gasteiger partial charge on any atom is 0.407 e. The molecule has 0 saturated carbocycles. The average molecular weight is 590 g/mol. The maximum atomic E-state index is 13.3. The van der Waals surface area contributed by atoms with Crippen LogP contribution in [0.2, 0.25) is 23.2 Å². The Labute approximate surface area is 243 Å². The molecule has 1 amide bonds. The van der Waals surface area contributed by atoms with Crippen LogP contribution in [0.1, 0.15) is 39.7 Å². The van der Waals surface area contributed by atoms with Crippen LogP contribution in [0.4, 0.5) is 4.79 Å². The van der Waals surface area contributed by atoms with Crippen LogP contribution in [-0.2, 0) is 14.0 Å². The lowest BCUT2D eigenvalue weighted by atomic mass is 9.88. The van der Waals surface area contributed by atoms with Crippen molar-refractivity contribution in [1.29, 1.82) is 0 Å². The summed E-state index contributed by atoms with van der Waals surface area (Å²) in [6.07, 6.45) is -0.712. The van der Waals surface area contributed by atoms with E-state index in [1.807, 2.05) is 36.4 Å². The minimum atomic E-state index is -2.21. The van der Waals surface area contributed by atoms with Gasteiger partial charge >= 0.3 is 12.1 Å². The molecule has 8 nitrogen and oxygen atoms in total. The van der Waals surface area contributed by atoms with Gasteiger partial charge in [-0.05, 0) is 66.9 Å². The van der Waals surface area contributed by atoms with E-state index in [9.17, 15) is 14.7 Å². The van der Waals surface area contributed by atoms with Crippen LogP contribution < -0.4 is 9.47 Å². The number of carbonyl (C=O) groups is 2. The summed E-state index contributed by atoms with van der Waals surface area (Å²) in [5.74, 6) is 0.719. The molecule has 2 aromatic rings. The quantitative estimate of drug-likeness (QED) is 0.173. The number of rotatable bonds is 11. The molecule has 1 aliphatic rings. The van der Waals surface area contributed by atoms with Gasteiger partial charge in [-0.1, -0.05) is 56.6 Å². The van der Waals surface area contributed by atoms with Crippen molar-refractivity contribution in [3.63, 3.8) is 0 Å². The van der Waals surface area contributed by atoms with Crippen molar-refractivity contribution < 1.29 is 33.3 Å². The SMILES string of the molecule is CCOC(=O)C1=C(c2ccc(OCCOc3ccccc3Cl)cc2)CCN(C(=O)O)C1CO[Si](C)(C)C(C)(C)C. The molecule has 0 fully saturated rings. The van der Waals surface area contributed by atoms with E-state index in [2.05, 4.69) is 33.9 Å². The molecular weight excluding hydrogens is 550 g/mol. The first-order chi connectivity index (χ1) is 18.9. The summed E-state index contributed by atoms with van der Waals surface area (Å²) in [6, 6.07) is 13.9. The fourth-order valence-electron chi connectivity index (χ4n) is 4.18. The highest BCUT2D eigenvalue weighted by atomic mass is 35.5. The molecule has 218 valence electrons. The topological polar surface area (TPSA) is 94.5 Å². The molecule has 3 rings (SSSR count). The second-order valence-corrected chi connectivity index (χ2v) is 16.3. The van der Waals surface area contributed by atoms with Gasteiger partial charge in [-0.15, -0.1) is 0 Å². The largest absolute Gasteiger partial charge is 0.490 e. The van der Waals surface area contributed by atoms with E-state index in [-0.39, 0.29) is 24.8 Å². The summed E-state index contributed by atoms with van der Waals surface area (Å²) in [5, 5.41) is 10.5. The fourth-order valence-corrected chi connectivity index (χ4v) is 5.38. The van der Waals surface area contributed by atoms with Crippen molar-refractivity contribution in [2.24, 2.45) is 0 Å². The van der Waals surface area contributed by atoms with Crippen molar-refractivity contribution in [2.75, 3.05) is 33.0 Å². The molecule has 1 atom stereocenters. The number of amides is 1. The van der Waals surface area contributed by atoms with Gasteiger partial charge in [-0.2, -0.15) is 0 Å².